The summed E-state index contributed by atoms with van der Waals surface area (Å²) in [7, 11) is -8.70. The van der Waals surface area contributed by atoms with Gasteiger partial charge in [0.2, 0.25) is 40.1 Å². The van der Waals surface area contributed by atoms with Crippen LogP contribution >= 0.6 is 0 Å². The summed E-state index contributed by atoms with van der Waals surface area (Å²) in [6, 6.07) is 76.4. The summed E-state index contributed by atoms with van der Waals surface area (Å²) in [5.74, 6) is 3.80. The monoisotopic (exact) mass is 2050 g/mol. The number of ether oxygens (including phenoxy) is 5. The average Bonchev–Trinajstić information content (AvgIpc) is 1.62. The molecule has 0 spiro atoms. The second-order valence-electron chi connectivity index (χ2n) is 34.8. The van der Waals surface area contributed by atoms with E-state index in [1.54, 1.807) is 97.1 Å². The third-order valence-electron chi connectivity index (χ3n) is 25.0. The maximum Gasteiger partial charge on any atom is 0.301 e. The number of hydrogen-bond donors (Lipinski definition) is 5. The predicted octanol–water partition coefficient (Wildman–Crippen LogP) is 22.0. The largest absolute Gasteiger partial charge is 0.497 e. The standard InChI is InChI=1S/C23H25N3O3S.C23H27N3O3S.C22H25N3O3S.C21H23N3O3S.C20H20N4O3S/c1-3-4-13-26-22-14-18(29-2)9-12-20(22)21(15-24)23(26)16-5-7-17(8-6-16)25-30(27,28)19-10-11-19;1-4-6-13-26-22-15-19(29-3)11-12-20(22)21(16-24)23(26)17-7-9-18(10-8-17)25-30(27,28)14-5-2;1-4-6-13-25-21-14-18(28-3)11-12-19(21)20(15-23)22(25)16-7-9-17(10-8-16)24-29(26,27)5-2;1-4-5-12-24-20-13-17(27-2)10-11-18(20)19(14-22)21(24)15-6-8-16(9-7-15)23-28(3,25)26;1-3-23-19-12-16(27-2)7-8-17(19)18(13-21)20(23)14-5-4-6-15(11-14)24-10-9-22-28(24,25)26/h5-9,12,14,19,25H,3-4,10-11,13H2,1-2H3;7-12,15,25H,4-6,13-14H2,1-3H3;7-12,14,24H,4-6,13H2,1-3H3;6-11,13,23H,4-5,12H2,1-3H3;4-8,11-12,22H,3,9-10H2,1-2H3. The van der Waals surface area contributed by atoms with Crippen LogP contribution < -0.4 is 51.6 Å². The van der Waals surface area contributed by atoms with E-state index in [4.69, 9.17) is 23.7 Å². The molecule has 1 saturated heterocycles. The number of anilines is 5. The van der Waals surface area contributed by atoms with E-state index >= 15 is 0 Å². The molecule has 2 fully saturated rings. The highest BCUT2D eigenvalue weighted by Crippen LogP contribution is 2.44. The molecule has 1 aliphatic carbocycles. The van der Waals surface area contributed by atoms with Gasteiger partial charge in [0, 0.05) is 131 Å². The predicted molar refractivity (Wildman–Crippen MR) is 578 cm³/mol. The number of nitrogens with one attached hydrogen (secondary N) is 5. The van der Waals surface area contributed by atoms with Gasteiger partial charge in [-0.25, -0.2) is 33.7 Å². The molecule has 0 amide bonds. The molecule has 5 N–H and O–H groups in total. The molecule has 10 aromatic carbocycles. The van der Waals surface area contributed by atoms with Crippen molar-refractivity contribution in [3.63, 3.8) is 0 Å². The molecule has 36 heteroatoms. The van der Waals surface area contributed by atoms with Gasteiger partial charge < -0.3 is 46.5 Å². The van der Waals surface area contributed by atoms with Crippen molar-refractivity contribution in [2.24, 2.45) is 0 Å². The Balaban J connectivity index is 0.000000152. The number of nitriles is 5. The number of rotatable bonds is 36. The van der Waals surface area contributed by atoms with Gasteiger partial charge in [0.15, 0.2) is 0 Å². The van der Waals surface area contributed by atoms with E-state index in [2.05, 4.69) is 104 Å². The van der Waals surface area contributed by atoms with Crippen molar-refractivity contribution in [3.8, 4) is 115 Å². The number of methoxy groups -OCH3 is 5. The minimum atomic E-state index is -3.51. The molecule has 1 saturated carbocycles. The zero-order chi connectivity index (χ0) is 104. The minimum absolute atomic E-state index is 0.0143. The highest BCUT2D eigenvalue weighted by atomic mass is 32.2. The first-order chi connectivity index (χ1) is 69.7. The van der Waals surface area contributed by atoms with Crippen molar-refractivity contribution in [1.29, 1.82) is 26.3 Å². The van der Waals surface area contributed by atoms with E-state index in [1.807, 2.05) is 172 Å². The summed E-state index contributed by atoms with van der Waals surface area (Å²) in [4.78, 5) is 0. The maximum atomic E-state index is 12.2. The van der Waals surface area contributed by atoms with E-state index in [1.165, 1.54) is 4.31 Å². The number of hydrogen-bond acceptors (Lipinski definition) is 20. The second-order valence-corrected chi connectivity index (χ2v) is 44.1. The van der Waals surface area contributed by atoms with Crippen molar-refractivity contribution in [3.05, 3.63) is 240 Å². The first-order valence-corrected chi connectivity index (χ1v) is 56.2. The second kappa shape index (κ2) is 47.5. The van der Waals surface area contributed by atoms with Crippen molar-refractivity contribution < 1.29 is 65.8 Å². The van der Waals surface area contributed by atoms with Gasteiger partial charge in [-0.1, -0.05) is 121 Å². The lowest BCUT2D eigenvalue weighted by molar-refractivity contribution is 0.415. The van der Waals surface area contributed by atoms with Crippen molar-refractivity contribution in [2.45, 2.75) is 157 Å². The van der Waals surface area contributed by atoms with Crippen LogP contribution in [0.1, 0.15) is 147 Å². The Bertz CT molecular complexity index is 8100. The quantitative estimate of drug-likeness (QED) is 0.0243. The van der Waals surface area contributed by atoms with E-state index in [0.29, 0.717) is 82.3 Å². The molecular weight excluding hydrogens is 1930 g/mol. The molecule has 1 aliphatic heterocycles. The summed E-state index contributed by atoms with van der Waals surface area (Å²) >= 11 is 0. The van der Waals surface area contributed by atoms with Crippen LogP contribution in [-0.2, 0) is 83.0 Å². The minimum Gasteiger partial charge on any atom is -0.497 e. The van der Waals surface area contributed by atoms with E-state index in [9.17, 15) is 68.4 Å². The topological polar surface area (TPSA) is 424 Å². The molecule has 0 atom stereocenters. The van der Waals surface area contributed by atoms with E-state index in [-0.39, 0.29) is 16.8 Å². The first kappa shape index (κ1) is 107. The van der Waals surface area contributed by atoms with Crippen LogP contribution in [0.5, 0.6) is 28.7 Å². The highest BCUT2D eigenvalue weighted by Gasteiger charge is 2.36. The summed E-state index contributed by atoms with van der Waals surface area (Å²) in [6.45, 7) is 18.5. The fourth-order valence-electron chi connectivity index (χ4n) is 17.8. The summed E-state index contributed by atoms with van der Waals surface area (Å²) in [5, 5.41) is 53.6. The Kier molecular flexibility index (Phi) is 35.2. The fraction of sp³-hybridized carbons (Fsp3) is 0.312. The van der Waals surface area contributed by atoms with Crippen LogP contribution in [0.4, 0.5) is 28.4 Å². The third kappa shape index (κ3) is 24.6. The van der Waals surface area contributed by atoms with Crippen LogP contribution in [0.2, 0.25) is 0 Å². The van der Waals surface area contributed by atoms with Crippen LogP contribution in [-0.4, -0.2) is 137 Å². The number of aromatic nitrogens is 5. The number of sulfonamides is 4. The Morgan fingerprint density at radius 3 is 0.917 bits per heavy atom. The van der Waals surface area contributed by atoms with Gasteiger partial charge in [0.1, 0.15) is 59.1 Å². The first-order valence-electron chi connectivity index (χ1n) is 48.0. The lowest BCUT2D eigenvalue weighted by Gasteiger charge is -2.17. The van der Waals surface area contributed by atoms with Gasteiger partial charge in [0.05, 0.1) is 148 Å². The zero-order valence-corrected chi connectivity index (χ0v) is 87.6. The van der Waals surface area contributed by atoms with Crippen molar-refractivity contribution in [1.82, 2.24) is 27.6 Å². The lowest BCUT2D eigenvalue weighted by atomic mass is 10.1. The Morgan fingerprint density at radius 1 is 0.359 bits per heavy atom. The molecule has 15 aromatic rings. The summed E-state index contributed by atoms with van der Waals surface area (Å²) in [6.07, 6.45) is 11.2. The molecule has 0 bridgehead atoms. The zero-order valence-electron chi connectivity index (χ0n) is 83.5. The van der Waals surface area contributed by atoms with E-state index < -0.39 is 50.3 Å². The summed E-state index contributed by atoms with van der Waals surface area (Å²) in [5.41, 5.74) is 18.8. The number of fused-ring (bicyclic) bond motifs is 5. The van der Waals surface area contributed by atoms with Crippen LogP contribution in [0.25, 0.3) is 111 Å². The van der Waals surface area contributed by atoms with E-state index in [0.717, 1.165) is 236 Å². The number of nitrogens with zero attached hydrogens (tertiary/aromatic N) is 11. The van der Waals surface area contributed by atoms with Crippen molar-refractivity contribution in [2.75, 3.05) is 89.6 Å². The molecular formula is C109H120N16O15S5. The average molecular weight is 2050 g/mol. The van der Waals surface area contributed by atoms with Gasteiger partial charge in [-0.3, -0.25) is 23.2 Å². The van der Waals surface area contributed by atoms with Gasteiger partial charge >= 0.3 is 10.2 Å². The summed E-state index contributed by atoms with van der Waals surface area (Å²) < 4.78 is 171. The van der Waals surface area contributed by atoms with Gasteiger partial charge in [0.25, 0.3) is 0 Å². The molecule has 145 heavy (non-hydrogen) atoms. The van der Waals surface area contributed by atoms with Gasteiger partial charge in [-0.2, -0.15) is 39.4 Å². The fourth-order valence-corrected chi connectivity index (χ4v) is 22.8. The van der Waals surface area contributed by atoms with Crippen LogP contribution in [0.3, 0.4) is 0 Å². The number of unbranched alkanes of at least 4 members (excludes halogenated alkanes) is 4. The Labute approximate surface area is 849 Å². The van der Waals surface area contributed by atoms with Crippen LogP contribution in [0, 0.1) is 56.7 Å². The molecule has 5 aromatic heterocycles. The normalized spacial score (nSPS) is 12.7. The highest BCUT2D eigenvalue weighted by molar-refractivity contribution is 7.94. The Morgan fingerprint density at radius 2 is 0.655 bits per heavy atom. The molecule has 0 radical (unpaired) electrons. The van der Waals surface area contributed by atoms with Gasteiger partial charge in [-0.15, -0.1) is 0 Å². The van der Waals surface area contributed by atoms with Gasteiger partial charge in [-0.05, 0) is 202 Å². The molecule has 6 heterocycles. The number of benzene rings is 10. The van der Waals surface area contributed by atoms with Crippen LogP contribution in [0.15, 0.2) is 212 Å². The SMILES string of the molecule is CCCCn1c(-c2ccc(NS(=O)(=O)C3CC3)cc2)c(C#N)c2ccc(OC)cc21.CCCCn1c(-c2ccc(NS(=O)(=O)CC)cc2)c(C#N)c2ccc(OC)cc21.CCCCn1c(-c2ccc(NS(=O)(=O)CCC)cc2)c(C#N)c2ccc(OC)cc21.CCCCn1c(-c2ccc(NS(C)(=O)=O)cc2)c(C#N)c2ccc(OC)cc21.CCn1c(-c2cccc(N3CCNS3(=O)=O)c2)c(C#N)c2ccc(OC)cc21. The molecule has 2 aliphatic rings. The van der Waals surface area contributed by atoms with Crippen molar-refractivity contribution >= 4 is 133 Å². The molecule has 31 nitrogen and oxygen atoms in total. The lowest BCUT2D eigenvalue weighted by Crippen LogP contribution is -2.29. The molecule has 17 rings (SSSR count). The third-order valence-corrected chi connectivity index (χ3v) is 31.8. The molecule has 0 unspecified atom stereocenters. The smallest absolute Gasteiger partial charge is 0.301 e. The Hall–Kier alpha value is -14.9. The number of aryl methyl sites for hydroxylation is 5. The molecule has 756 valence electrons. The maximum absolute atomic E-state index is 12.2.